The molecule has 0 spiro atoms. The van der Waals surface area contributed by atoms with Crippen LogP contribution in [0.15, 0.2) is 35.9 Å². The van der Waals surface area contributed by atoms with Crippen LogP contribution in [0.2, 0.25) is 0 Å². The number of carboxylic acids is 1. The Balaban J connectivity index is 1.80. The van der Waals surface area contributed by atoms with Gasteiger partial charge in [-0.3, -0.25) is 9.59 Å². The van der Waals surface area contributed by atoms with E-state index in [1.165, 1.54) is 11.3 Å². The summed E-state index contributed by atoms with van der Waals surface area (Å²) in [6.07, 6.45) is 2.78. The standard InChI is InChI=1S/C16H16N2O3S/c1-9-6-7-10(15(20)21)11(8-9)14(19)18-16-17-12-4-2-3-5-13(12)22-16/h2-6,10-11H,7-8H2,1H3,(H,20,21)(H,17,18,19). The van der Waals surface area contributed by atoms with Crippen molar-refractivity contribution in [3.05, 3.63) is 35.9 Å². The molecule has 0 aliphatic heterocycles. The Morgan fingerprint density at radius 3 is 2.82 bits per heavy atom. The molecular formula is C16H16N2O3S. The number of hydrogen-bond acceptors (Lipinski definition) is 4. The van der Waals surface area contributed by atoms with E-state index in [1.54, 1.807) is 0 Å². The second-order valence-electron chi connectivity index (χ2n) is 5.52. The van der Waals surface area contributed by atoms with E-state index in [4.69, 9.17) is 0 Å². The number of carboxylic acid groups (broad SMARTS) is 1. The fourth-order valence-corrected chi connectivity index (χ4v) is 3.61. The van der Waals surface area contributed by atoms with E-state index in [0.717, 1.165) is 15.8 Å². The number of carbonyl (C=O) groups is 2. The molecule has 0 fully saturated rings. The average molecular weight is 316 g/mol. The molecule has 1 aliphatic carbocycles. The third-order valence-corrected chi connectivity index (χ3v) is 4.88. The van der Waals surface area contributed by atoms with E-state index < -0.39 is 17.8 Å². The highest BCUT2D eigenvalue weighted by Crippen LogP contribution is 2.32. The van der Waals surface area contributed by atoms with Crippen molar-refractivity contribution in [2.24, 2.45) is 11.8 Å². The highest BCUT2D eigenvalue weighted by atomic mass is 32.1. The molecule has 5 nitrogen and oxygen atoms in total. The molecule has 6 heteroatoms. The van der Waals surface area contributed by atoms with Gasteiger partial charge in [0.2, 0.25) is 5.91 Å². The Bertz CT molecular complexity index is 733. The van der Waals surface area contributed by atoms with E-state index in [-0.39, 0.29) is 5.91 Å². The fourth-order valence-electron chi connectivity index (χ4n) is 2.74. The van der Waals surface area contributed by atoms with Gasteiger partial charge in [0, 0.05) is 0 Å². The van der Waals surface area contributed by atoms with Crippen LogP contribution in [-0.4, -0.2) is 22.0 Å². The number of thiazole rings is 1. The van der Waals surface area contributed by atoms with Gasteiger partial charge in [0.15, 0.2) is 5.13 Å². The zero-order chi connectivity index (χ0) is 15.7. The lowest BCUT2D eigenvalue weighted by Crippen LogP contribution is -2.35. The lowest BCUT2D eigenvalue weighted by atomic mass is 9.79. The van der Waals surface area contributed by atoms with Gasteiger partial charge < -0.3 is 10.4 Å². The van der Waals surface area contributed by atoms with Gasteiger partial charge in [-0.1, -0.05) is 35.1 Å². The smallest absolute Gasteiger partial charge is 0.307 e. The number of hydrogen-bond donors (Lipinski definition) is 2. The molecule has 0 saturated heterocycles. The molecule has 1 heterocycles. The second kappa shape index (κ2) is 5.88. The molecule has 1 amide bonds. The van der Waals surface area contributed by atoms with Crippen LogP contribution in [0.4, 0.5) is 5.13 Å². The van der Waals surface area contributed by atoms with Crippen LogP contribution in [0.5, 0.6) is 0 Å². The predicted molar refractivity (Wildman–Crippen MR) is 85.9 cm³/mol. The molecule has 22 heavy (non-hydrogen) atoms. The van der Waals surface area contributed by atoms with Crippen molar-refractivity contribution < 1.29 is 14.7 Å². The van der Waals surface area contributed by atoms with E-state index >= 15 is 0 Å². The normalized spacial score (nSPS) is 21.4. The number of nitrogens with one attached hydrogen (secondary N) is 1. The zero-order valence-corrected chi connectivity index (χ0v) is 12.9. The van der Waals surface area contributed by atoms with Gasteiger partial charge in [-0.05, 0) is 31.9 Å². The first-order valence-electron chi connectivity index (χ1n) is 7.09. The maximum Gasteiger partial charge on any atom is 0.307 e. The van der Waals surface area contributed by atoms with Crippen molar-refractivity contribution in [2.75, 3.05) is 5.32 Å². The molecule has 1 aromatic carbocycles. The summed E-state index contributed by atoms with van der Waals surface area (Å²) in [6.45, 7) is 1.93. The van der Waals surface area contributed by atoms with Crippen LogP contribution < -0.4 is 5.32 Å². The Morgan fingerprint density at radius 1 is 1.32 bits per heavy atom. The van der Waals surface area contributed by atoms with Gasteiger partial charge in [-0.25, -0.2) is 4.98 Å². The van der Waals surface area contributed by atoms with Crippen molar-refractivity contribution in [3.8, 4) is 0 Å². The van der Waals surface area contributed by atoms with E-state index in [2.05, 4.69) is 10.3 Å². The van der Waals surface area contributed by atoms with Gasteiger partial charge >= 0.3 is 5.97 Å². The van der Waals surface area contributed by atoms with Crippen LogP contribution in [0, 0.1) is 11.8 Å². The van der Waals surface area contributed by atoms with Crippen LogP contribution in [0.1, 0.15) is 19.8 Å². The number of aliphatic carboxylic acids is 1. The van der Waals surface area contributed by atoms with Crippen molar-refractivity contribution in [1.29, 1.82) is 0 Å². The van der Waals surface area contributed by atoms with Gasteiger partial charge in [-0.15, -0.1) is 0 Å². The molecule has 0 radical (unpaired) electrons. The van der Waals surface area contributed by atoms with E-state index in [0.29, 0.717) is 18.0 Å². The van der Waals surface area contributed by atoms with Crippen LogP contribution in [0.3, 0.4) is 0 Å². The maximum absolute atomic E-state index is 12.5. The molecule has 2 aromatic rings. The first-order valence-corrected chi connectivity index (χ1v) is 7.91. The highest BCUT2D eigenvalue weighted by Gasteiger charge is 2.35. The van der Waals surface area contributed by atoms with Gasteiger partial charge in [0.1, 0.15) is 0 Å². The number of benzene rings is 1. The fraction of sp³-hybridized carbons (Fsp3) is 0.312. The number of para-hydroxylation sites is 1. The monoisotopic (exact) mass is 316 g/mol. The maximum atomic E-state index is 12.5. The number of nitrogens with zero attached hydrogens (tertiary/aromatic N) is 1. The lowest BCUT2D eigenvalue weighted by molar-refractivity contribution is -0.146. The SMILES string of the molecule is CC1=CCC(C(=O)O)C(C(=O)Nc2nc3ccccc3s2)C1. The van der Waals surface area contributed by atoms with E-state index in [9.17, 15) is 14.7 Å². The molecule has 114 valence electrons. The van der Waals surface area contributed by atoms with Crippen molar-refractivity contribution >= 4 is 38.6 Å². The molecule has 2 atom stereocenters. The Labute approximate surface area is 131 Å². The van der Waals surface area contributed by atoms with Crippen LogP contribution in [-0.2, 0) is 9.59 Å². The molecule has 2 unspecified atom stereocenters. The second-order valence-corrected chi connectivity index (χ2v) is 6.55. The summed E-state index contributed by atoms with van der Waals surface area (Å²) in [5.74, 6) is -2.40. The third kappa shape index (κ3) is 2.87. The quantitative estimate of drug-likeness (QED) is 0.852. The highest BCUT2D eigenvalue weighted by molar-refractivity contribution is 7.22. The summed E-state index contributed by atoms with van der Waals surface area (Å²) >= 11 is 1.39. The largest absolute Gasteiger partial charge is 0.481 e. The van der Waals surface area contributed by atoms with Crippen LogP contribution >= 0.6 is 11.3 Å². The number of carbonyl (C=O) groups excluding carboxylic acids is 1. The Kier molecular flexibility index (Phi) is 3.94. The molecule has 3 rings (SSSR count). The number of fused-ring (bicyclic) bond motifs is 1. The Morgan fingerprint density at radius 2 is 2.09 bits per heavy atom. The average Bonchev–Trinajstić information content (AvgIpc) is 2.88. The van der Waals surface area contributed by atoms with E-state index in [1.807, 2.05) is 37.3 Å². The molecular weight excluding hydrogens is 300 g/mol. The number of amides is 1. The van der Waals surface area contributed by atoms with Gasteiger partial charge in [0.25, 0.3) is 0 Å². The summed E-state index contributed by atoms with van der Waals surface area (Å²) in [5, 5.41) is 12.6. The summed E-state index contributed by atoms with van der Waals surface area (Å²) in [7, 11) is 0. The summed E-state index contributed by atoms with van der Waals surface area (Å²) < 4.78 is 0.993. The minimum Gasteiger partial charge on any atom is -0.481 e. The van der Waals surface area contributed by atoms with Gasteiger partial charge in [0.05, 0.1) is 22.1 Å². The summed E-state index contributed by atoms with van der Waals surface area (Å²) in [4.78, 5) is 28.2. The molecule has 1 aromatic heterocycles. The van der Waals surface area contributed by atoms with Gasteiger partial charge in [-0.2, -0.15) is 0 Å². The zero-order valence-electron chi connectivity index (χ0n) is 12.1. The summed E-state index contributed by atoms with van der Waals surface area (Å²) in [5.41, 5.74) is 1.89. The number of aromatic nitrogens is 1. The minimum atomic E-state index is -0.923. The van der Waals surface area contributed by atoms with Crippen molar-refractivity contribution in [2.45, 2.75) is 19.8 Å². The lowest BCUT2D eigenvalue weighted by Gasteiger charge is -2.26. The molecule has 0 saturated carbocycles. The predicted octanol–water partition coefficient (Wildman–Crippen LogP) is 3.29. The molecule has 1 aliphatic rings. The first-order chi connectivity index (χ1) is 10.5. The van der Waals surface area contributed by atoms with Crippen molar-refractivity contribution in [3.63, 3.8) is 0 Å². The molecule has 2 N–H and O–H groups in total. The number of rotatable bonds is 3. The number of allylic oxidation sites excluding steroid dienone is 2. The minimum absolute atomic E-state index is 0.265. The van der Waals surface area contributed by atoms with Crippen molar-refractivity contribution in [1.82, 2.24) is 4.98 Å². The summed E-state index contributed by atoms with van der Waals surface area (Å²) in [6, 6.07) is 7.64. The Hall–Kier alpha value is -2.21. The third-order valence-electron chi connectivity index (χ3n) is 3.93. The van der Waals surface area contributed by atoms with Crippen LogP contribution in [0.25, 0.3) is 10.2 Å². The molecule has 0 bridgehead atoms. The topological polar surface area (TPSA) is 79.3 Å². The number of anilines is 1. The first kappa shape index (κ1) is 14.7.